The summed E-state index contributed by atoms with van der Waals surface area (Å²) in [4.78, 5) is 40.0. The quantitative estimate of drug-likeness (QED) is 0.191. The molecular weight excluding hydrogens is 577 g/mol. The van der Waals surface area contributed by atoms with Crippen LogP contribution in [0.2, 0.25) is 0 Å². The van der Waals surface area contributed by atoms with Crippen LogP contribution in [0.25, 0.3) is 11.1 Å². The average molecular weight is 610 g/mol. The zero-order chi connectivity index (χ0) is 31.1. The van der Waals surface area contributed by atoms with Crippen LogP contribution < -0.4 is 16.8 Å². The number of nitrogens with two attached hydrogens (primary N) is 2. The highest BCUT2D eigenvalue weighted by molar-refractivity contribution is 7.10. The van der Waals surface area contributed by atoms with Crippen LogP contribution in [0.5, 0.6) is 0 Å². The van der Waals surface area contributed by atoms with Gasteiger partial charge >= 0.3 is 5.97 Å². The number of amides is 2. The smallest absolute Gasteiger partial charge is 0.335 e. The number of nitrogen functional groups attached to an aromatic ring is 1. The number of nitrogens with one attached hydrogen (secondary N) is 2. The lowest BCUT2D eigenvalue weighted by atomic mass is 10.0. The van der Waals surface area contributed by atoms with E-state index in [0.717, 1.165) is 10.9 Å². The zero-order valence-corrected chi connectivity index (χ0v) is 24.0. The summed E-state index contributed by atoms with van der Waals surface area (Å²) >= 11 is 1.38. The molecule has 3 heterocycles. The second-order valence-corrected chi connectivity index (χ2v) is 10.9. The number of likely N-dealkylation sites (tertiary alicyclic amines) is 1. The number of halogens is 1. The average Bonchev–Trinajstić information content (AvgIpc) is 3.73. The fourth-order valence-electron chi connectivity index (χ4n) is 4.91. The number of carbonyl (C=O) groups excluding carboxylic acids is 2. The van der Waals surface area contributed by atoms with E-state index in [0.29, 0.717) is 29.9 Å². The highest BCUT2D eigenvalue weighted by atomic mass is 32.1. The van der Waals surface area contributed by atoms with E-state index >= 15 is 0 Å². The summed E-state index contributed by atoms with van der Waals surface area (Å²) in [7, 11) is 0. The van der Waals surface area contributed by atoms with Gasteiger partial charge in [0.05, 0.1) is 38.3 Å². The molecule has 11 nitrogen and oxygen atoms in total. The molecule has 0 radical (unpaired) electrons. The monoisotopic (exact) mass is 609 g/mol. The van der Waals surface area contributed by atoms with Crippen molar-refractivity contribution in [3.8, 4) is 11.1 Å². The molecule has 0 bridgehead atoms. The molecule has 2 aliphatic heterocycles. The van der Waals surface area contributed by atoms with Crippen LogP contribution in [0.1, 0.15) is 32.8 Å². The molecule has 1 aromatic heterocycles. The lowest BCUT2D eigenvalue weighted by Crippen LogP contribution is -2.46. The lowest BCUT2D eigenvalue weighted by molar-refractivity contribution is -0.152. The van der Waals surface area contributed by atoms with Crippen molar-refractivity contribution < 1.29 is 33.4 Å². The fourth-order valence-corrected chi connectivity index (χ4v) is 5.73. The van der Waals surface area contributed by atoms with Gasteiger partial charge in [0.1, 0.15) is 17.7 Å². The predicted molar refractivity (Wildman–Crippen MR) is 159 cm³/mol. The molecule has 1 atom stereocenters. The zero-order valence-electron chi connectivity index (χ0n) is 23.2. The van der Waals surface area contributed by atoms with Gasteiger partial charge in [-0.3, -0.25) is 15.0 Å². The molecular formula is C30H32FN5O6S. The maximum absolute atomic E-state index is 14.5. The molecule has 2 aromatic carbocycles. The van der Waals surface area contributed by atoms with E-state index in [1.165, 1.54) is 34.6 Å². The van der Waals surface area contributed by atoms with Gasteiger partial charge < -0.3 is 36.3 Å². The maximum Gasteiger partial charge on any atom is 0.335 e. The van der Waals surface area contributed by atoms with Crippen LogP contribution in [0.15, 0.2) is 66.7 Å². The van der Waals surface area contributed by atoms with E-state index in [9.17, 15) is 18.8 Å². The number of amidine groups is 1. The molecule has 0 aliphatic carbocycles. The van der Waals surface area contributed by atoms with Crippen molar-refractivity contribution in [1.82, 2.24) is 10.2 Å². The topological polar surface area (TPSA) is 181 Å². The summed E-state index contributed by atoms with van der Waals surface area (Å²) in [6, 6.07) is 11.4. The summed E-state index contributed by atoms with van der Waals surface area (Å²) in [6.07, 6.45) is 1.46. The maximum atomic E-state index is 14.5. The van der Waals surface area contributed by atoms with E-state index in [2.05, 4.69) is 17.6 Å². The summed E-state index contributed by atoms with van der Waals surface area (Å²) in [5, 5.41) is 21.2. The van der Waals surface area contributed by atoms with E-state index in [1.807, 2.05) is 0 Å². The number of carboxylic acids is 1. The number of benzene rings is 2. The Bertz CT molecular complexity index is 1520. The summed E-state index contributed by atoms with van der Waals surface area (Å²) in [5.41, 5.74) is 12.0. The first kappa shape index (κ1) is 31.3. The van der Waals surface area contributed by atoms with Crippen LogP contribution in [-0.2, 0) is 32.0 Å². The van der Waals surface area contributed by atoms with Gasteiger partial charge in [-0.25, -0.2) is 9.18 Å². The molecule has 2 fully saturated rings. The number of ether oxygens (including phenoxy) is 2. The highest BCUT2D eigenvalue weighted by Gasteiger charge is 2.52. The molecule has 2 aliphatic rings. The molecule has 0 saturated carbocycles. The Morgan fingerprint density at radius 1 is 1.16 bits per heavy atom. The van der Waals surface area contributed by atoms with Gasteiger partial charge in [0.25, 0.3) is 0 Å². The number of aromatic carboxylic acids is 1. The number of thiophene rings is 1. The molecule has 2 amide bonds. The Kier molecular flexibility index (Phi) is 9.91. The van der Waals surface area contributed by atoms with Gasteiger partial charge in [-0.1, -0.05) is 36.9 Å². The summed E-state index contributed by atoms with van der Waals surface area (Å²) < 4.78 is 26.1. The van der Waals surface area contributed by atoms with E-state index in [1.54, 1.807) is 35.7 Å². The van der Waals surface area contributed by atoms with Crippen LogP contribution in [0.3, 0.4) is 0 Å². The van der Waals surface area contributed by atoms with Crippen molar-refractivity contribution in [2.24, 2.45) is 11.5 Å². The van der Waals surface area contributed by atoms with Gasteiger partial charge in [-0.05, 0) is 35.5 Å². The highest BCUT2D eigenvalue weighted by Crippen LogP contribution is 2.35. The van der Waals surface area contributed by atoms with Gasteiger partial charge in [0.15, 0.2) is 5.79 Å². The molecule has 13 heteroatoms. The molecule has 1 unspecified atom stereocenters. The van der Waals surface area contributed by atoms with E-state index < -0.39 is 23.6 Å². The minimum Gasteiger partial charge on any atom is -0.478 e. The molecule has 3 aromatic rings. The first-order valence-electron chi connectivity index (χ1n) is 13.3. The normalized spacial score (nSPS) is 16.8. The predicted octanol–water partition coefficient (Wildman–Crippen LogP) is 2.83. The van der Waals surface area contributed by atoms with Gasteiger partial charge in [0.2, 0.25) is 11.8 Å². The second-order valence-electron chi connectivity index (χ2n) is 9.89. The summed E-state index contributed by atoms with van der Waals surface area (Å²) in [6.45, 7) is 4.25. The largest absolute Gasteiger partial charge is 0.478 e. The number of nitrogens with zero attached hydrogens (tertiary/aromatic N) is 1. The Labute approximate surface area is 251 Å². The third-order valence-electron chi connectivity index (χ3n) is 6.97. The van der Waals surface area contributed by atoms with Crippen molar-refractivity contribution in [3.05, 3.63) is 94.1 Å². The number of rotatable bonds is 8. The molecule has 1 spiro atoms. The van der Waals surface area contributed by atoms with Crippen molar-refractivity contribution >= 4 is 35.0 Å². The van der Waals surface area contributed by atoms with Crippen LogP contribution in [0, 0.1) is 11.2 Å². The van der Waals surface area contributed by atoms with Crippen LogP contribution in [-0.4, -0.2) is 65.2 Å². The summed E-state index contributed by atoms with van der Waals surface area (Å²) in [5.74, 6) is -3.55. The molecule has 43 heavy (non-hydrogen) atoms. The number of hydrogen-bond acceptors (Lipinski definition) is 8. The fraction of sp³-hybridized carbons (Fsp3) is 0.267. The number of carbonyl (C=O) groups is 3. The van der Waals surface area contributed by atoms with Crippen molar-refractivity contribution in [2.45, 2.75) is 31.2 Å². The number of carboxylic acid groups (broad SMARTS) is 1. The second kappa shape index (κ2) is 13.6. The third-order valence-corrected chi connectivity index (χ3v) is 7.90. The Hall–Kier alpha value is -4.59. The van der Waals surface area contributed by atoms with E-state index in [-0.39, 0.29) is 54.7 Å². The SMILES string of the molecule is C=CN.N=C(N)c1csc(CNC(=O)C2CC3(CN2C(=O)Cc2ccc(-c4ccc(C(=O)O)cc4F)cc2)OCCO3)c1. The van der Waals surface area contributed by atoms with Crippen molar-refractivity contribution in [2.75, 3.05) is 19.8 Å². The van der Waals surface area contributed by atoms with Gasteiger partial charge in [0, 0.05) is 27.8 Å². The van der Waals surface area contributed by atoms with Gasteiger partial charge in [-0.2, -0.15) is 0 Å². The Balaban J connectivity index is 0.00000135. The van der Waals surface area contributed by atoms with Gasteiger partial charge in [-0.15, -0.1) is 11.3 Å². The molecule has 5 rings (SSSR count). The molecule has 7 N–H and O–H groups in total. The third kappa shape index (κ3) is 7.44. The molecule has 2 saturated heterocycles. The number of hydrogen-bond donors (Lipinski definition) is 5. The van der Waals surface area contributed by atoms with E-state index in [4.69, 9.17) is 25.7 Å². The van der Waals surface area contributed by atoms with Crippen LogP contribution >= 0.6 is 11.3 Å². The van der Waals surface area contributed by atoms with Crippen molar-refractivity contribution in [1.29, 1.82) is 5.41 Å². The standard InChI is InChI=1S/C28H27FN4O6S.C2H5N/c29-22-11-18(27(36)37)5-6-21(22)17-3-1-16(2-4-17)9-24(34)33-15-28(38-7-8-39-28)12-23(33)26(35)32-13-20-10-19(14-40-20)25(30)31;1-2-3/h1-6,10-11,14,23H,7-9,12-13,15H2,(H3,30,31)(H,32,35)(H,36,37);2H,1,3H2. The Morgan fingerprint density at radius 2 is 1.84 bits per heavy atom. The Morgan fingerprint density at radius 3 is 2.42 bits per heavy atom. The lowest BCUT2D eigenvalue weighted by Gasteiger charge is -2.24. The minimum absolute atomic E-state index is 0.00741. The first-order valence-corrected chi connectivity index (χ1v) is 14.2. The van der Waals surface area contributed by atoms with Crippen molar-refractivity contribution in [3.63, 3.8) is 0 Å². The van der Waals surface area contributed by atoms with Crippen LogP contribution in [0.4, 0.5) is 4.39 Å². The molecule has 226 valence electrons. The first-order chi connectivity index (χ1) is 20.6. The minimum atomic E-state index is -1.21.